The topological polar surface area (TPSA) is 80.2 Å². The number of carbonyl (C=O) groups is 1. The summed E-state index contributed by atoms with van der Waals surface area (Å²) >= 11 is 0. The minimum atomic E-state index is -0.253. The van der Waals surface area contributed by atoms with Gasteiger partial charge < -0.3 is 15.0 Å². The van der Waals surface area contributed by atoms with E-state index in [0.29, 0.717) is 38.4 Å². The Labute approximate surface area is 141 Å². The molecule has 0 saturated carbocycles. The number of carbonyl (C=O) groups excluding carboxylic acids is 1. The molecule has 0 aromatic carbocycles. The van der Waals surface area contributed by atoms with Gasteiger partial charge >= 0.3 is 0 Å². The van der Waals surface area contributed by atoms with Crippen molar-refractivity contribution < 1.29 is 9.53 Å². The molecule has 0 spiro atoms. The van der Waals surface area contributed by atoms with Crippen molar-refractivity contribution in [2.24, 2.45) is 0 Å². The third-order valence-corrected chi connectivity index (χ3v) is 4.04. The van der Waals surface area contributed by atoms with E-state index < -0.39 is 0 Å². The number of pyridine rings is 1. The number of anilines is 1. The first kappa shape index (κ1) is 16.3. The van der Waals surface area contributed by atoms with E-state index in [-0.39, 0.29) is 12.0 Å². The SMILES string of the molecule is CNc1nccnc1[C@@H]1CN(C(=O)CCc2cccnc2)CCO1. The number of nitrogens with one attached hydrogen (secondary N) is 1. The fourth-order valence-electron chi connectivity index (χ4n) is 2.77. The second-order valence-corrected chi connectivity index (χ2v) is 5.60. The number of hydrogen-bond donors (Lipinski definition) is 1. The molecule has 0 aliphatic carbocycles. The molecule has 7 nitrogen and oxygen atoms in total. The van der Waals surface area contributed by atoms with Crippen LogP contribution in [0.15, 0.2) is 36.9 Å². The lowest BCUT2D eigenvalue weighted by Crippen LogP contribution is -2.42. The van der Waals surface area contributed by atoms with Gasteiger partial charge in [0.05, 0.1) is 13.2 Å². The van der Waals surface area contributed by atoms with Crippen LogP contribution >= 0.6 is 0 Å². The molecule has 1 aliphatic heterocycles. The van der Waals surface area contributed by atoms with Crippen LogP contribution in [0.4, 0.5) is 5.82 Å². The Hall–Kier alpha value is -2.54. The van der Waals surface area contributed by atoms with Crippen molar-refractivity contribution in [2.75, 3.05) is 32.1 Å². The summed E-state index contributed by atoms with van der Waals surface area (Å²) in [4.78, 5) is 27.0. The van der Waals surface area contributed by atoms with Gasteiger partial charge in [-0.3, -0.25) is 14.8 Å². The van der Waals surface area contributed by atoms with E-state index in [2.05, 4.69) is 20.3 Å². The van der Waals surface area contributed by atoms with Crippen molar-refractivity contribution in [3.05, 3.63) is 48.2 Å². The average molecular weight is 327 g/mol. The molecule has 1 aliphatic rings. The quantitative estimate of drug-likeness (QED) is 0.895. The summed E-state index contributed by atoms with van der Waals surface area (Å²) in [6, 6.07) is 3.87. The largest absolute Gasteiger partial charge is 0.372 e. The third kappa shape index (κ3) is 3.86. The first-order valence-electron chi connectivity index (χ1n) is 8.05. The molecule has 126 valence electrons. The molecule has 0 bridgehead atoms. The zero-order valence-corrected chi connectivity index (χ0v) is 13.7. The van der Waals surface area contributed by atoms with E-state index in [1.54, 1.807) is 31.8 Å². The molecule has 2 aromatic rings. The number of morpholine rings is 1. The fourth-order valence-corrected chi connectivity index (χ4v) is 2.77. The number of aromatic nitrogens is 3. The van der Waals surface area contributed by atoms with E-state index in [0.717, 1.165) is 11.3 Å². The summed E-state index contributed by atoms with van der Waals surface area (Å²) in [5, 5.41) is 3.02. The molecule has 3 heterocycles. The molecule has 1 N–H and O–H groups in total. The highest BCUT2D eigenvalue weighted by atomic mass is 16.5. The summed E-state index contributed by atoms with van der Waals surface area (Å²) in [5.41, 5.74) is 1.81. The van der Waals surface area contributed by atoms with Gasteiger partial charge in [0.2, 0.25) is 5.91 Å². The zero-order chi connectivity index (χ0) is 16.8. The van der Waals surface area contributed by atoms with E-state index >= 15 is 0 Å². The Morgan fingerprint density at radius 3 is 3.04 bits per heavy atom. The van der Waals surface area contributed by atoms with E-state index in [4.69, 9.17) is 4.74 Å². The summed E-state index contributed by atoms with van der Waals surface area (Å²) in [6.07, 6.45) is 7.72. The predicted octanol–water partition coefficient (Wildman–Crippen LogP) is 1.45. The maximum atomic E-state index is 12.5. The molecule has 24 heavy (non-hydrogen) atoms. The average Bonchev–Trinajstić information content (AvgIpc) is 2.67. The lowest BCUT2D eigenvalue weighted by atomic mass is 10.1. The molecule has 1 saturated heterocycles. The molecule has 3 rings (SSSR count). The molecule has 1 fully saturated rings. The number of amides is 1. The number of ether oxygens (including phenoxy) is 1. The molecular formula is C17H21N5O2. The Morgan fingerprint density at radius 2 is 2.25 bits per heavy atom. The Morgan fingerprint density at radius 1 is 1.38 bits per heavy atom. The van der Waals surface area contributed by atoms with Crippen LogP contribution in [0.25, 0.3) is 0 Å². The van der Waals surface area contributed by atoms with Gasteiger partial charge in [-0.25, -0.2) is 4.98 Å². The van der Waals surface area contributed by atoms with Crippen LogP contribution in [-0.4, -0.2) is 52.5 Å². The molecule has 2 aromatic heterocycles. The van der Waals surface area contributed by atoms with Crippen LogP contribution < -0.4 is 5.32 Å². The molecular weight excluding hydrogens is 306 g/mol. The number of hydrogen-bond acceptors (Lipinski definition) is 6. The van der Waals surface area contributed by atoms with Gasteiger partial charge in [0.25, 0.3) is 0 Å². The summed E-state index contributed by atoms with van der Waals surface area (Å²) < 4.78 is 5.80. The highest BCUT2D eigenvalue weighted by Crippen LogP contribution is 2.25. The van der Waals surface area contributed by atoms with Crippen LogP contribution in [0.3, 0.4) is 0 Å². The van der Waals surface area contributed by atoms with E-state index in [1.807, 2.05) is 17.0 Å². The Kier molecular flexibility index (Phi) is 5.32. The van der Waals surface area contributed by atoms with Gasteiger partial charge in [0.15, 0.2) is 0 Å². The third-order valence-electron chi connectivity index (χ3n) is 4.04. The van der Waals surface area contributed by atoms with Gasteiger partial charge in [0, 0.05) is 44.8 Å². The molecule has 0 radical (unpaired) electrons. The zero-order valence-electron chi connectivity index (χ0n) is 13.7. The molecule has 7 heteroatoms. The second kappa shape index (κ2) is 7.83. The highest BCUT2D eigenvalue weighted by Gasteiger charge is 2.28. The Bertz CT molecular complexity index is 680. The predicted molar refractivity (Wildman–Crippen MR) is 89.4 cm³/mol. The van der Waals surface area contributed by atoms with Crippen LogP contribution in [-0.2, 0) is 16.0 Å². The van der Waals surface area contributed by atoms with Crippen molar-refractivity contribution in [1.29, 1.82) is 0 Å². The number of nitrogens with zero attached hydrogens (tertiary/aromatic N) is 4. The summed E-state index contributed by atoms with van der Waals surface area (Å²) in [7, 11) is 1.80. The highest BCUT2D eigenvalue weighted by molar-refractivity contribution is 5.76. The van der Waals surface area contributed by atoms with Gasteiger partial charge in [-0.05, 0) is 18.1 Å². The van der Waals surface area contributed by atoms with Gasteiger partial charge in [-0.1, -0.05) is 6.07 Å². The fraction of sp³-hybridized carbons (Fsp3) is 0.412. The first-order chi connectivity index (χ1) is 11.8. The standard InChI is InChI=1S/C17H21N5O2/c1-18-17-16(20-7-8-21-17)14-12-22(9-10-24-14)15(23)5-4-13-3-2-6-19-11-13/h2-3,6-8,11,14H,4-5,9-10,12H2,1H3,(H,18,21)/t14-/m0/s1. The maximum Gasteiger partial charge on any atom is 0.223 e. The van der Waals surface area contributed by atoms with Gasteiger partial charge in [-0.2, -0.15) is 0 Å². The first-order valence-corrected chi connectivity index (χ1v) is 8.05. The van der Waals surface area contributed by atoms with Crippen molar-refractivity contribution in [1.82, 2.24) is 19.9 Å². The molecule has 1 amide bonds. The second-order valence-electron chi connectivity index (χ2n) is 5.60. The molecule has 0 unspecified atom stereocenters. The van der Waals surface area contributed by atoms with Crippen LogP contribution in [0, 0.1) is 0 Å². The summed E-state index contributed by atoms with van der Waals surface area (Å²) in [6.45, 7) is 1.61. The van der Waals surface area contributed by atoms with Gasteiger partial charge in [-0.15, -0.1) is 0 Å². The minimum absolute atomic E-state index is 0.127. The normalized spacial score (nSPS) is 17.5. The van der Waals surface area contributed by atoms with Crippen LogP contribution in [0.1, 0.15) is 23.8 Å². The van der Waals surface area contributed by atoms with Crippen molar-refractivity contribution in [3.8, 4) is 0 Å². The monoisotopic (exact) mass is 327 g/mol. The number of rotatable bonds is 5. The van der Waals surface area contributed by atoms with Crippen LogP contribution in [0.5, 0.6) is 0 Å². The van der Waals surface area contributed by atoms with Crippen molar-refractivity contribution >= 4 is 11.7 Å². The van der Waals surface area contributed by atoms with Crippen molar-refractivity contribution in [2.45, 2.75) is 18.9 Å². The van der Waals surface area contributed by atoms with Gasteiger partial charge in [0.1, 0.15) is 17.6 Å². The van der Waals surface area contributed by atoms with Crippen molar-refractivity contribution in [3.63, 3.8) is 0 Å². The maximum absolute atomic E-state index is 12.5. The minimum Gasteiger partial charge on any atom is -0.372 e. The Balaban J connectivity index is 1.61. The lowest BCUT2D eigenvalue weighted by Gasteiger charge is -2.33. The van der Waals surface area contributed by atoms with Crippen LogP contribution in [0.2, 0.25) is 0 Å². The summed E-state index contributed by atoms with van der Waals surface area (Å²) in [5.74, 6) is 0.814. The van der Waals surface area contributed by atoms with E-state index in [1.165, 1.54) is 0 Å². The lowest BCUT2D eigenvalue weighted by molar-refractivity contribution is -0.139. The number of aryl methyl sites for hydroxylation is 1. The molecule has 1 atom stereocenters. The smallest absolute Gasteiger partial charge is 0.223 e. The van der Waals surface area contributed by atoms with E-state index in [9.17, 15) is 4.79 Å².